The molecule has 130 valence electrons. The molecule has 2 aromatic rings. The zero-order valence-corrected chi connectivity index (χ0v) is 14.8. The summed E-state index contributed by atoms with van der Waals surface area (Å²) in [6.45, 7) is 8.14. The lowest BCUT2D eigenvalue weighted by atomic mass is 10.0. The quantitative estimate of drug-likeness (QED) is 0.883. The van der Waals surface area contributed by atoms with E-state index in [4.69, 9.17) is 4.52 Å². The minimum absolute atomic E-state index is 0.570. The number of pyridine rings is 1. The Morgan fingerprint density at radius 1 is 1.25 bits per heavy atom. The smallest absolute Gasteiger partial charge is 0.138 e. The molecule has 1 fully saturated rings. The van der Waals surface area contributed by atoms with Gasteiger partial charge in [0.15, 0.2) is 0 Å². The lowest BCUT2D eigenvalue weighted by Gasteiger charge is -2.30. The Bertz CT molecular complexity index is 618. The molecular formula is C19H28N4O. The van der Waals surface area contributed by atoms with Crippen LogP contribution in [0, 0.1) is 6.92 Å². The van der Waals surface area contributed by atoms with E-state index in [-0.39, 0.29) is 0 Å². The molecule has 0 aliphatic carbocycles. The monoisotopic (exact) mass is 328 g/mol. The number of nitrogens with one attached hydrogen (secondary N) is 1. The predicted molar refractivity (Wildman–Crippen MR) is 94.6 cm³/mol. The largest absolute Gasteiger partial charge is 0.361 e. The number of hydrogen-bond donors (Lipinski definition) is 1. The highest BCUT2D eigenvalue weighted by atomic mass is 16.5. The first-order chi connectivity index (χ1) is 11.8. The van der Waals surface area contributed by atoms with Gasteiger partial charge in [-0.2, -0.15) is 0 Å². The minimum atomic E-state index is 0.570. The Morgan fingerprint density at radius 2 is 2.17 bits per heavy atom. The molecule has 0 amide bonds. The predicted octanol–water partition coefficient (Wildman–Crippen LogP) is 3.08. The van der Waals surface area contributed by atoms with E-state index in [9.17, 15) is 0 Å². The highest BCUT2D eigenvalue weighted by molar-refractivity contribution is 5.22. The molecule has 0 aromatic carbocycles. The second-order valence-corrected chi connectivity index (χ2v) is 6.58. The van der Waals surface area contributed by atoms with Gasteiger partial charge < -0.3 is 9.84 Å². The van der Waals surface area contributed by atoms with E-state index >= 15 is 0 Å². The van der Waals surface area contributed by atoms with Gasteiger partial charge in [0.05, 0.1) is 11.4 Å². The topological polar surface area (TPSA) is 54.2 Å². The van der Waals surface area contributed by atoms with Crippen molar-refractivity contribution in [1.82, 2.24) is 20.4 Å². The van der Waals surface area contributed by atoms with Crippen LogP contribution < -0.4 is 5.32 Å². The maximum atomic E-state index is 5.45. The molecule has 2 aromatic heterocycles. The van der Waals surface area contributed by atoms with Gasteiger partial charge in [-0.3, -0.25) is 9.88 Å². The second-order valence-electron chi connectivity index (χ2n) is 6.58. The van der Waals surface area contributed by atoms with Crippen LogP contribution in [0.5, 0.6) is 0 Å². The lowest BCUT2D eigenvalue weighted by Crippen LogP contribution is -2.35. The summed E-state index contributed by atoms with van der Waals surface area (Å²) in [4.78, 5) is 7.10. The Hall–Kier alpha value is -1.72. The highest BCUT2D eigenvalue weighted by Crippen LogP contribution is 2.23. The number of nitrogens with zero attached hydrogens (tertiary/aromatic N) is 3. The SMILES string of the molecule is CCc1noc(C)c1CN(Cc1ccccn1)[C@@H]1CCCNCC1. The van der Waals surface area contributed by atoms with Gasteiger partial charge in [0.2, 0.25) is 0 Å². The van der Waals surface area contributed by atoms with Gasteiger partial charge in [-0.15, -0.1) is 0 Å². The summed E-state index contributed by atoms with van der Waals surface area (Å²) in [5.74, 6) is 0.949. The molecule has 1 N–H and O–H groups in total. The van der Waals surface area contributed by atoms with Crippen LogP contribution in [0.25, 0.3) is 0 Å². The van der Waals surface area contributed by atoms with E-state index in [0.717, 1.165) is 49.7 Å². The standard InChI is InChI=1S/C19H28N4O/c1-3-19-18(15(2)24-22-19)14-23(13-16-7-4-5-11-21-16)17-8-6-10-20-12-9-17/h4-5,7,11,17,20H,3,6,8-10,12-14H2,1-2H3/t17-/m1/s1. The van der Waals surface area contributed by atoms with Crippen molar-refractivity contribution in [2.75, 3.05) is 13.1 Å². The van der Waals surface area contributed by atoms with Gasteiger partial charge in [0.1, 0.15) is 5.76 Å². The van der Waals surface area contributed by atoms with Crippen LogP contribution in [-0.2, 0) is 19.5 Å². The van der Waals surface area contributed by atoms with Crippen LogP contribution in [0.3, 0.4) is 0 Å². The van der Waals surface area contributed by atoms with Crippen molar-refractivity contribution in [1.29, 1.82) is 0 Å². The van der Waals surface area contributed by atoms with Gasteiger partial charge in [-0.05, 0) is 57.8 Å². The lowest BCUT2D eigenvalue weighted by molar-refractivity contribution is 0.161. The molecule has 0 bridgehead atoms. The van der Waals surface area contributed by atoms with E-state index in [1.807, 2.05) is 19.2 Å². The fourth-order valence-corrected chi connectivity index (χ4v) is 3.50. The molecule has 0 saturated carbocycles. The van der Waals surface area contributed by atoms with E-state index in [1.165, 1.54) is 24.8 Å². The van der Waals surface area contributed by atoms with Crippen molar-refractivity contribution in [3.8, 4) is 0 Å². The van der Waals surface area contributed by atoms with Crippen LogP contribution in [0.4, 0.5) is 0 Å². The number of aryl methyl sites for hydroxylation is 2. The Labute approximate surface area is 144 Å². The van der Waals surface area contributed by atoms with Crippen molar-refractivity contribution in [2.45, 2.75) is 58.7 Å². The Balaban J connectivity index is 1.81. The maximum Gasteiger partial charge on any atom is 0.138 e. The van der Waals surface area contributed by atoms with Gasteiger partial charge in [-0.1, -0.05) is 18.1 Å². The summed E-state index contributed by atoms with van der Waals surface area (Å²) in [6.07, 6.45) is 6.43. The molecule has 1 aliphatic rings. The highest BCUT2D eigenvalue weighted by Gasteiger charge is 2.23. The van der Waals surface area contributed by atoms with Crippen LogP contribution in [0.15, 0.2) is 28.9 Å². The molecule has 1 atom stereocenters. The summed E-state index contributed by atoms with van der Waals surface area (Å²) in [7, 11) is 0. The molecule has 5 heteroatoms. The fraction of sp³-hybridized carbons (Fsp3) is 0.579. The summed E-state index contributed by atoms with van der Waals surface area (Å²) < 4.78 is 5.45. The van der Waals surface area contributed by atoms with E-state index in [0.29, 0.717) is 6.04 Å². The van der Waals surface area contributed by atoms with Crippen molar-refractivity contribution < 1.29 is 4.52 Å². The van der Waals surface area contributed by atoms with Crippen LogP contribution in [0.1, 0.15) is 48.9 Å². The third kappa shape index (κ3) is 4.22. The van der Waals surface area contributed by atoms with Crippen LogP contribution >= 0.6 is 0 Å². The van der Waals surface area contributed by atoms with Crippen LogP contribution in [0.2, 0.25) is 0 Å². The number of rotatable bonds is 6. The molecule has 0 spiro atoms. The third-order valence-corrected chi connectivity index (χ3v) is 4.92. The molecule has 5 nitrogen and oxygen atoms in total. The molecule has 0 unspecified atom stereocenters. The molecule has 3 rings (SSSR count). The molecule has 1 aliphatic heterocycles. The van der Waals surface area contributed by atoms with Gasteiger partial charge in [-0.25, -0.2) is 0 Å². The molecule has 1 saturated heterocycles. The molecule has 3 heterocycles. The second kappa shape index (κ2) is 8.40. The maximum absolute atomic E-state index is 5.45. The van der Waals surface area contributed by atoms with Crippen molar-refractivity contribution in [3.63, 3.8) is 0 Å². The molecule has 24 heavy (non-hydrogen) atoms. The first-order valence-electron chi connectivity index (χ1n) is 9.06. The van der Waals surface area contributed by atoms with Gasteiger partial charge in [0, 0.05) is 30.9 Å². The number of aromatic nitrogens is 2. The number of hydrogen-bond acceptors (Lipinski definition) is 5. The summed E-state index contributed by atoms with van der Waals surface area (Å²) >= 11 is 0. The van der Waals surface area contributed by atoms with Crippen LogP contribution in [-0.4, -0.2) is 34.2 Å². The van der Waals surface area contributed by atoms with Gasteiger partial charge >= 0.3 is 0 Å². The fourth-order valence-electron chi connectivity index (χ4n) is 3.50. The van der Waals surface area contributed by atoms with Crippen molar-refractivity contribution in [3.05, 3.63) is 47.1 Å². The average molecular weight is 328 g/mol. The van der Waals surface area contributed by atoms with E-state index in [1.54, 1.807) is 0 Å². The van der Waals surface area contributed by atoms with Crippen molar-refractivity contribution >= 4 is 0 Å². The van der Waals surface area contributed by atoms with Gasteiger partial charge in [0.25, 0.3) is 0 Å². The minimum Gasteiger partial charge on any atom is -0.361 e. The Kier molecular flexibility index (Phi) is 5.99. The third-order valence-electron chi connectivity index (χ3n) is 4.92. The molecule has 0 radical (unpaired) electrons. The van der Waals surface area contributed by atoms with E-state index < -0.39 is 0 Å². The van der Waals surface area contributed by atoms with E-state index in [2.05, 4.69) is 39.4 Å². The zero-order chi connectivity index (χ0) is 16.8. The summed E-state index contributed by atoms with van der Waals surface area (Å²) in [5, 5.41) is 7.74. The normalized spacial score (nSPS) is 18.7. The first-order valence-corrected chi connectivity index (χ1v) is 9.06. The Morgan fingerprint density at radius 3 is 2.96 bits per heavy atom. The first kappa shape index (κ1) is 17.1. The zero-order valence-electron chi connectivity index (χ0n) is 14.8. The molecular weight excluding hydrogens is 300 g/mol. The van der Waals surface area contributed by atoms with Crippen molar-refractivity contribution in [2.24, 2.45) is 0 Å². The average Bonchev–Trinajstić information content (AvgIpc) is 2.80. The summed E-state index contributed by atoms with van der Waals surface area (Å²) in [6, 6.07) is 6.73. The summed E-state index contributed by atoms with van der Waals surface area (Å²) in [5.41, 5.74) is 3.47.